The molecule has 2 heterocycles. The first kappa shape index (κ1) is 22.9. The van der Waals surface area contributed by atoms with Crippen LogP contribution in [0.25, 0.3) is 0 Å². The van der Waals surface area contributed by atoms with Crippen molar-refractivity contribution in [2.75, 3.05) is 6.54 Å². The molecule has 2 aliphatic heterocycles. The fraction of sp³-hybridized carbons (Fsp3) is 0.615. The molecule has 2 N–H and O–H groups in total. The molecule has 8 nitrogen and oxygen atoms in total. The first-order valence-electron chi connectivity index (χ1n) is 12.4. The Morgan fingerprint density at radius 1 is 1.21 bits per heavy atom. The molecule has 3 fully saturated rings. The van der Waals surface area contributed by atoms with Gasteiger partial charge in [0.1, 0.15) is 17.9 Å². The summed E-state index contributed by atoms with van der Waals surface area (Å²) in [5, 5.41) is 15.3. The number of fused-ring (bicyclic) bond motifs is 1. The number of benzene rings is 1. The Morgan fingerprint density at radius 3 is 2.76 bits per heavy atom. The Balaban J connectivity index is 1.21. The van der Waals surface area contributed by atoms with Gasteiger partial charge < -0.3 is 15.0 Å². The quantitative estimate of drug-likeness (QED) is 0.626. The minimum Gasteiger partial charge on any atom is -0.489 e. The second-order valence-corrected chi connectivity index (χ2v) is 10.6. The molecule has 0 radical (unpaired) electrons. The van der Waals surface area contributed by atoms with E-state index in [4.69, 9.17) is 4.74 Å². The number of amides is 3. The number of hydrogen-bond acceptors (Lipinski definition) is 6. The molecule has 1 saturated heterocycles. The second-order valence-electron chi connectivity index (χ2n) is 10.6. The zero-order valence-corrected chi connectivity index (χ0v) is 19.6. The van der Waals surface area contributed by atoms with Gasteiger partial charge in [-0.25, -0.2) is 0 Å². The fourth-order valence-corrected chi connectivity index (χ4v) is 6.04. The van der Waals surface area contributed by atoms with Crippen LogP contribution in [0.15, 0.2) is 18.2 Å². The number of piperidine rings is 1. The molecule has 5 rings (SSSR count). The maximum Gasteiger partial charge on any atom is 0.255 e. The van der Waals surface area contributed by atoms with E-state index in [1.165, 1.54) is 6.42 Å². The van der Waals surface area contributed by atoms with Crippen molar-refractivity contribution in [1.29, 1.82) is 5.26 Å². The number of nitrogens with one attached hydrogen (secondary N) is 2. The highest BCUT2D eigenvalue weighted by Crippen LogP contribution is 2.44. The number of carbonyl (C=O) groups excluding carboxylic acids is 3. The monoisotopic (exact) mass is 464 g/mol. The molecule has 0 aromatic heterocycles. The number of rotatable bonds is 6. The smallest absolute Gasteiger partial charge is 0.255 e. The molecule has 1 aromatic rings. The van der Waals surface area contributed by atoms with Crippen LogP contribution in [-0.4, -0.2) is 47.4 Å². The average molecular weight is 465 g/mol. The van der Waals surface area contributed by atoms with E-state index in [0.717, 1.165) is 50.0 Å². The van der Waals surface area contributed by atoms with Gasteiger partial charge in [0, 0.05) is 24.6 Å². The highest BCUT2D eigenvalue weighted by molar-refractivity contribution is 6.05. The second kappa shape index (κ2) is 9.03. The van der Waals surface area contributed by atoms with Gasteiger partial charge in [0.2, 0.25) is 11.8 Å². The summed E-state index contributed by atoms with van der Waals surface area (Å²) in [6.45, 7) is 3.31. The Kier molecular flexibility index (Phi) is 6.07. The average Bonchev–Trinajstić information content (AvgIpc) is 3.12. The number of nitriles is 1. The third-order valence-electron chi connectivity index (χ3n) is 7.90. The maximum absolute atomic E-state index is 12.9. The van der Waals surface area contributed by atoms with E-state index in [9.17, 15) is 19.6 Å². The molecular formula is C26H32N4O4. The lowest BCUT2D eigenvalue weighted by Crippen LogP contribution is -2.52. The largest absolute Gasteiger partial charge is 0.489 e. The highest BCUT2D eigenvalue weighted by Gasteiger charge is 2.41. The minimum absolute atomic E-state index is 0.0672. The SMILES string of the molecule is C[C@]1(C#N)C[C@@H](CN[C@@H]2CCCC[C@H]2Oc2ccc3c(c2)CN(C2CCC(=O)NC2=O)C3=O)C1. The van der Waals surface area contributed by atoms with Crippen LogP contribution >= 0.6 is 0 Å². The number of carbonyl (C=O) groups is 3. The lowest BCUT2D eigenvalue weighted by molar-refractivity contribution is -0.136. The zero-order chi connectivity index (χ0) is 23.9. The predicted octanol–water partition coefficient (Wildman–Crippen LogP) is 2.67. The van der Waals surface area contributed by atoms with Gasteiger partial charge in [0.15, 0.2) is 0 Å². The molecule has 0 bridgehead atoms. The van der Waals surface area contributed by atoms with Crippen LogP contribution in [0, 0.1) is 22.7 Å². The molecule has 3 atom stereocenters. The first-order chi connectivity index (χ1) is 16.3. The van der Waals surface area contributed by atoms with Crippen LogP contribution in [-0.2, 0) is 16.1 Å². The van der Waals surface area contributed by atoms with Gasteiger partial charge in [-0.1, -0.05) is 6.42 Å². The lowest BCUT2D eigenvalue weighted by atomic mass is 9.64. The van der Waals surface area contributed by atoms with Crippen LogP contribution in [0.5, 0.6) is 5.75 Å². The van der Waals surface area contributed by atoms with Crippen molar-refractivity contribution in [2.45, 2.75) is 83.0 Å². The Morgan fingerprint density at radius 2 is 2.00 bits per heavy atom. The van der Waals surface area contributed by atoms with E-state index < -0.39 is 11.9 Å². The number of nitrogens with zero attached hydrogens (tertiary/aromatic N) is 2. The van der Waals surface area contributed by atoms with Gasteiger partial charge in [-0.05, 0) is 81.7 Å². The summed E-state index contributed by atoms with van der Waals surface area (Å²) in [7, 11) is 0. The van der Waals surface area contributed by atoms with Crippen molar-refractivity contribution in [2.24, 2.45) is 11.3 Å². The van der Waals surface area contributed by atoms with Crippen LogP contribution in [0.2, 0.25) is 0 Å². The normalized spacial score (nSPS) is 33.1. The van der Waals surface area contributed by atoms with Gasteiger partial charge in [0.05, 0.1) is 11.5 Å². The van der Waals surface area contributed by atoms with Gasteiger partial charge in [-0.15, -0.1) is 0 Å². The Labute approximate surface area is 200 Å². The summed E-state index contributed by atoms with van der Waals surface area (Å²) < 4.78 is 6.42. The molecule has 1 unspecified atom stereocenters. The van der Waals surface area contributed by atoms with Crippen molar-refractivity contribution >= 4 is 17.7 Å². The maximum atomic E-state index is 12.9. The Hall–Kier alpha value is -2.92. The number of ether oxygens (including phenoxy) is 1. The molecule has 2 saturated carbocycles. The summed E-state index contributed by atoms with van der Waals surface area (Å²) in [6.07, 6.45) is 6.95. The predicted molar refractivity (Wildman–Crippen MR) is 124 cm³/mol. The summed E-state index contributed by atoms with van der Waals surface area (Å²) in [5.74, 6) is 0.449. The standard InChI is InChI=1S/C26H32N4O4/c1-26(15-27)11-16(12-26)13-28-20-4-2-3-5-22(20)34-18-6-7-19-17(10-18)14-30(25(19)33)21-8-9-23(31)29-24(21)32/h6-7,10,16,20-22,28H,2-5,8-9,11-14H2,1H3,(H,29,31,32)/t16-,20-,21?,22-,26+/m1/s1. The Bertz CT molecular complexity index is 1040. The summed E-state index contributed by atoms with van der Waals surface area (Å²) in [4.78, 5) is 38.2. The molecule has 8 heteroatoms. The zero-order valence-electron chi connectivity index (χ0n) is 19.6. The first-order valence-corrected chi connectivity index (χ1v) is 12.4. The van der Waals surface area contributed by atoms with Crippen LogP contribution in [0.3, 0.4) is 0 Å². The van der Waals surface area contributed by atoms with Gasteiger partial charge in [-0.3, -0.25) is 19.7 Å². The fourth-order valence-electron chi connectivity index (χ4n) is 6.04. The minimum atomic E-state index is -0.608. The highest BCUT2D eigenvalue weighted by atomic mass is 16.5. The van der Waals surface area contributed by atoms with E-state index in [1.807, 2.05) is 19.1 Å². The van der Waals surface area contributed by atoms with E-state index in [1.54, 1.807) is 11.0 Å². The van der Waals surface area contributed by atoms with Crippen molar-refractivity contribution in [1.82, 2.24) is 15.5 Å². The molecule has 3 amide bonds. The molecule has 2 aliphatic carbocycles. The van der Waals surface area contributed by atoms with Gasteiger partial charge in [-0.2, -0.15) is 5.26 Å². The van der Waals surface area contributed by atoms with E-state index in [-0.39, 0.29) is 35.8 Å². The third-order valence-corrected chi connectivity index (χ3v) is 7.90. The molecular weight excluding hydrogens is 432 g/mol. The van der Waals surface area contributed by atoms with Crippen molar-refractivity contribution in [3.8, 4) is 11.8 Å². The van der Waals surface area contributed by atoms with Crippen LogP contribution in [0.1, 0.15) is 74.2 Å². The molecule has 180 valence electrons. The van der Waals surface area contributed by atoms with Crippen molar-refractivity contribution in [3.05, 3.63) is 29.3 Å². The molecule has 4 aliphatic rings. The van der Waals surface area contributed by atoms with Crippen molar-refractivity contribution < 1.29 is 19.1 Å². The molecule has 0 spiro atoms. The van der Waals surface area contributed by atoms with Gasteiger partial charge in [0.25, 0.3) is 5.91 Å². The number of imide groups is 1. The van der Waals surface area contributed by atoms with Crippen LogP contribution < -0.4 is 15.4 Å². The lowest BCUT2D eigenvalue weighted by Gasteiger charge is -2.41. The van der Waals surface area contributed by atoms with Crippen molar-refractivity contribution in [3.63, 3.8) is 0 Å². The number of hydrogen-bond donors (Lipinski definition) is 2. The molecule has 1 aromatic carbocycles. The van der Waals surface area contributed by atoms with E-state index in [0.29, 0.717) is 24.4 Å². The topological polar surface area (TPSA) is 112 Å². The summed E-state index contributed by atoms with van der Waals surface area (Å²) >= 11 is 0. The van der Waals surface area contributed by atoms with Crippen LogP contribution in [0.4, 0.5) is 0 Å². The van der Waals surface area contributed by atoms with Gasteiger partial charge >= 0.3 is 0 Å². The summed E-state index contributed by atoms with van der Waals surface area (Å²) in [6, 6.07) is 7.66. The van der Waals surface area contributed by atoms with E-state index >= 15 is 0 Å². The third kappa shape index (κ3) is 4.41. The summed E-state index contributed by atoms with van der Waals surface area (Å²) in [5.41, 5.74) is 1.30. The molecule has 34 heavy (non-hydrogen) atoms. The van der Waals surface area contributed by atoms with E-state index in [2.05, 4.69) is 16.7 Å².